The molecule has 4 nitrogen and oxygen atoms in total. The lowest BCUT2D eigenvalue weighted by Crippen LogP contribution is -2.36. The third kappa shape index (κ3) is 4.02. The lowest BCUT2D eigenvalue weighted by Gasteiger charge is -2.21. The topological polar surface area (TPSA) is 32.8 Å². The number of hydrogen-bond acceptors (Lipinski definition) is 3. The number of carbonyl (C=O) groups excluding carboxylic acids is 1. The molecule has 26 heavy (non-hydrogen) atoms. The fraction of sp³-hybridized carbons (Fsp3) is 0.381. The van der Waals surface area contributed by atoms with Gasteiger partial charge in [0.05, 0.1) is 0 Å². The Morgan fingerprint density at radius 2 is 1.62 bits per heavy atom. The zero-order valence-electron chi connectivity index (χ0n) is 14.7. The predicted octanol–water partition coefficient (Wildman–Crippen LogP) is 3.31. The van der Waals surface area contributed by atoms with Crippen molar-refractivity contribution in [1.29, 1.82) is 0 Å². The molecule has 2 aliphatic heterocycles. The highest BCUT2D eigenvalue weighted by Gasteiger charge is 2.41. The number of halogens is 1. The summed E-state index contributed by atoms with van der Waals surface area (Å²) in [5, 5.41) is 0.663. The summed E-state index contributed by atoms with van der Waals surface area (Å²) in [6.07, 6.45) is 0. The molecule has 0 saturated carbocycles. The maximum atomic E-state index is 12.5. The average Bonchev–Trinajstić information content (AvgIpc) is 3.20. The molecule has 0 bridgehead atoms. The average molecular weight is 371 g/mol. The van der Waals surface area contributed by atoms with Gasteiger partial charge in [-0.1, -0.05) is 41.9 Å². The van der Waals surface area contributed by atoms with Crippen molar-refractivity contribution in [1.82, 2.24) is 9.80 Å². The van der Waals surface area contributed by atoms with Crippen molar-refractivity contribution in [3.8, 4) is 5.75 Å². The van der Waals surface area contributed by atoms with Crippen LogP contribution in [0.4, 0.5) is 0 Å². The smallest absolute Gasteiger partial charge is 0.260 e. The number of carbonyl (C=O) groups is 1. The van der Waals surface area contributed by atoms with Crippen LogP contribution >= 0.6 is 11.6 Å². The van der Waals surface area contributed by atoms with E-state index in [1.807, 2.05) is 4.90 Å². The van der Waals surface area contributed by atoms with E-state index in [2.05, 4.69) is 35.2 Å². The fourth-order valence-electron chi connectivity index (χ4n) is 4.03. The van der Waals surface area contributed by atoms with Crippen LogP contribution in [0, 0.1) is 11.8 Å². The Kier molecular flexibility index (Phi) is 5.14. The van der Waals surface area contributed by atoms with Crippen LogP contribution in [-0.2, 0) is 11.3 Å². The zero-order chi connectivity index (χ0) is 17.9. The zero-order valence-corrected chi connectivity index (χ0v) is 15.4. The lowest BCUT2D eigenvalue weighted by molar-refractivity contribution is -0.132. The van der Waals surface area contributed by atoms with Crippen LogP contribution in [0.15, 0.2) is 54.6 Å². The number of rotatable bonds is 5. The van der Waals surface area contributed by atoms with Crippen LogP contribution in [0.25, 0.3) is 0 Å². The van der Waals surface area contributed by atoms with Crippen LogP contribution in [0.2, 0.25) is 5.02 Å². The van der Waals surface area contributed by atoms with Gasteiger partial charge in [-0.3, -0.25) is 9.69 Å². The Morgan fingerprint density at radius 3 is 2.27 bits per heavy atom. The van der Waals surface area contributed by atoms with Gasteiger partial charge < -0.3 is 9.64 Å². The second-order valence-corrected chi connectivity index (χ2v) is 7.68. The Morgan fingerprint density at radius 1 is 0.962 bits per heavy atom. The molecule has 136 valence electrons. The molecular weight excluding hydrogens is 348 g/mol. The summed E-state index contributed by atoms with van der Waals surface area (Å²) in [6, 6.07) is 17.7. The second kappa shape index (κ2) is 7.68. The molecule has 0 radical (unpaired) electrons. The van der Waals surface area contributed by atoms with Gasteiger partial charge in [0.25, 0.3) is 5.91 Å². The molecule has 2 aromatic carbocycles. The van der Waals surface area contributed by atoms with Crippen LogP contribution in [-0.4, -0.2) is 48.5 Å². The number of benzene rings is 2. The van der Waals surface area contributed by atoms with E-state index in [9.17, 15) is 4.79 Å². The molecule has 0 aliphatic carbocycles. The maximum Gasteiger partial charge on any atom is 0.260 e. The minimum atomic E-state index is 0.0731. The van der Waals surface area contributed by atoms with Crippen molar-refractivity contribution in [2.75, 3.05) is 32.8 Å². The number of nitrogens with zero attached hydrogens (tertiary/aromatic N) is 2. The van der Waals surface area contributed by atoms with Crippen molar-refractivity contribution >= 4 is 17.5 Å². The summed E-state index contributed by atoms with van der Waals surface area (Å²) < 4.78 is 5.60. The normalized spacial score (nSPS) is 22.4. The Balaban J connectivity index is 1.25. The highest BCUT2D eigenvalue weighted by atomic mass is 35.5. The van der Waals surface area contributed by atoms with Crippen LogP contribution in [0.5, 0.6) is 5.75 Å². The standard InChI is InChI=1S/C21H23ClN2O2/c22-19-6-8-20(9-7-19)26-15-21(25)24-13-17-11-23(12-18(17)14-24)10-16-4-2-1-3-5-16/h1-9,17-18H,10-15H2/t17-,18-/m0/s1. The predicted molar refractivity (Wildman–Crippen MR) is 102 cm³/mol. The molecule has 2 atom stereocenters. The van der Waals surface area contributed by atoms with E-state index >= 15 is 0 Å². The molecule has 0 spiro atoms. The summed E-state index contributed by atoms with van der Waals surface area (Å²) in [7, 11) is 0. The molecule has 0 N–H and O–H groups in total. The van der Waals surface area contributed by atoms with Gasteiger partial charge >= 0.3 is 0 Å². The largest absolute Gasteiger partial charge is 0.484 e. The van der Waals surface area contributed by atoms with Gasteiger partial charge in [0, 0.05) is 37.7 Å². The highest BCUT2D eigenvalue weighted by Crippen LogP contribution is 2.32. The SMILES string of the molecule is O=C(COc1ccc(Cl)cc1)N1C[C@@H]2CN(Cc3ccccc3)C[C@H]2C1. The van der Waals surface area contributed by atoms with Crippen molar-refractivity contribution in [3.63, 3.8) is 0 Å². The third-order valence-corrected chi connectivity index (χ3v) is 5.59. The first-order valence-electron chi connectivity index (χ1n) is 9.10. The molecular formula is C21H23ClN2O2. The summed E-state index contributed by atoms with van der Waals surface area (Å²) >= 11 is 5.86. The Labute approximate surface area is 159 Å². The van der Waals surface area contributed by atoms with Gasteiger partial charge in [0.15, 0.2) is 6.61 Å². The van der Waals surface area contributed by atoms with Crippen molar-refractivity contribution in [2.45, 2.75) is 6.54 Å². The molecule has 1 amide bonds. The van der Waals surface area contributed by atoms with Gasteiger partial charge in [-0.2, -0.15) is 0 Å². The minimum Gasteiger partial charge on any atom is -0.484 e. The van der Waals surface area contributed by atoms with Gasteiger partial charge in [-0.25, -0.2) is 0 Å². The maximum absolute atomic E-state index is 12.5. The van der Waals surface area contributed by atoms with E-state index in [0.29, 0.717) is 22.6 Å². The number of likely N-dealkylation sites (tertiary alicyclic amines) is 2. The summed E-state index contributed by atoms with van der Waals surface area (Å²) in [4.78, 5) is 16.9. The number of hydrogen-bond donors (Lipinski definition) is 0. The van der Waals surface area contributed by atoms with Crippen LogP contribution in [0.3, 0.4) is 0 Å². The molecule has 2 aromatic rings. The van der Waals surface area contributed by atoms with Crippen molar-refractivity contribution in [2.24, 2.45) is 11.8 Å². The number of amides is 1. The summed E-state index contributed by atoms with van der Waals surface area (Å²) in [5.74, 6) is 1.91. The Bertz CT molecular complexity index is 736. The molecule has 0 aromatic heterocycles. The monoisotopic (exact) mass is 370 g/mol. The quantitative estimate of drug-likeness (QED) is 0.809. The minimum absolute atomic E-state index is 0.0731. The van der Waals surface area contributed by atoms with Crippen LogP contribution in [0.1, 0.15) is 5.56 Å². The van der Waals surface area contributed by atoms with Gasteiger partial charge in [0.2, 0.25) is 0 Å². The van der Waals surface area contributed by atoms with E-state index in [0.717, 1.165) is 32.7 Å². The molecule has 2 fully saturated rings. The number of fused-ring (bicyclic) bond motifs is 1. The van der Waals surface area contributed by atoms with Gasteiger partial charge in [-0.15, -0.1) is 0 Å². The number of ether oxygens (including phenoxy) is 1. The second-order valence-electron chi connectivity index (χ2n) is 7.24. The van der Waals surface area contributed by atoms with Crippen molar-refractivity contribution < 1.29 is 9.53 Å². The fourth-order valence-corrected chi connectivity index (χ4v) is 4.16. The molecule has 2 aliphatic rings. The van der Waals surface area contributed by atoms with E-state index in [1.165, 1.54) is 5.56 Å². The molecule has 5 heteroatoms. The Hall–Kier alpha value is -2.04. The summed E-state index contributed by atoms with van der Waals surface area (Å²) in [5.41, 5.74) is 1.36. The van der Waals surface area contributed by atoms with Gasteiger partial charge in [-0.05, 0) is 41.7 Å². The van der Waals surface area contributed by atoms with E-state index < -0.39 is 0 Å². The van der Waals surface area contributed by atoms with E-state index in [-0.39, 0.29) is 12.5 Å². The first kappa shape index (κ1) is 17.4. The van der Waals surface area contributed by atoms with Crippen molar-refractivity contribution in [3.05, 3.63) is 65.2 Å². The highest BCUT2D eigenvalue weighted by molar-refractivity contribution is 6.30. The van der Waals surface area contributed by atoms with Crippen LogP contribution < -0.4 is 4.74 Å². The first-order valence-corrected chi connectivity index (χ1v) is 9.47. The third-order valence-electron chi connectivity index (χ3n) is 5.34. The van der Waals surface area contributed by atoms with E-state index in [4.69, 9.17) is 16.3 Å². The van der Waals surface area contributed by atoms with E-state index in [1.54, 1.807) is 24.3 Å². The molecule has 2 saturated heterocycles. The molecule has 2 heterocycles. The summed E-state index contributed by atoms with van der Waals surface area (Å²) in [6.45, 7) is 4.93. The lowest BCUT2D eigenvalue weighted by atomic mass is 10.0. The molecule has 4 rings (SSSR count). The first-order chi connectivity index (χ1) is 12.7. The molecule has 0 unspecified atom stereocenters. The van der Waals surface area contributed by atoms with Gasteiger partial charge in [0.1, 0.15) is 5.75 Å².